The van der Waals surface area contributed by atoms with E-state index < -0.39 is 43.2 Å². The van der Waals surface area contributed by atoms with E-state index in [0.29, 0.717) is 0 Å². The van der Waals surface area contributed by atoms with Crippen LogP contribution in [0.3, 0.4) is 0 Å². The molecule has 1 rings (SSSR count). The molecule has 0 saturated carbocycles. The predicted octanol–water partition coefficient (Wildman–Crippen LogP) is -3.08. The monoisotopic (exact) mass is 221 g/mol. The summed E-state index contributed by atoms with van der Waals surface area (Å²) < 4.78 is 4.73. The van der Waals surface area contributed by atoms with Crippen LogP contribution in [0.4, 0.5) is 0 Å². The smallest absolute Gasteiger partial charge is 0.217 e. The van der Waals surface area contributed by atoms with Crippen molar-refractivity contribution < 1.29 is 30.0 Å². The Morgan fingerprint density at radius 2 is 1.93 bits per heavy atom. The number of carbonyl (C=O) groups excluding carboxylic acids is 1. The van der Waals surface area contributed by atoms with Gasteiger partial charge >= 0.3 is 0 Å². The summed E-state index contributed by atoms with van der Waals surface area (Å²) in [4.78, 5) is 10.8. The molecule has 0 spiro atoms. The van der Waals surface area contributed by atoms with E-state index >= 15 is 0 Å². The predicted molar refractivity (Wildman–Crippen MR) is 47.6 cm³/mol. The minimum Gasteiger partial charge on any atom is -0.394 e. The molecule has 0 unspecified atom stereocenters. The molecular formula is C8H15NO6. The Balaban J connectivity index is 2.74. The zero-order valence-electron chi connectivity index (χ0n) is 8.20. The van der Waals surface area contributed by atoms with Crippen molar-refractivity contribution in [3.05, 3.63) is 0 Å². The zero-order valence-corrected chi connectivity index (χ0v) is 8.20. The highest BCUT2D eigenvalue weighted by atomic mass is 16.6. The first-order valence-corrected chi connectivity index (χ1v) is 4.55. The molecule has 1 heterocycles. The van der Waals surface area contributed by atoms with Crippen molar-refractivity contribution in [3.63, 3.8) is 0 Å². The van der Waals surface area contributed by atoms with Gasteiger partial charge in [0.15, 0.2) is 6.29 Å². The van der Waals surface area contributed by atoms with Crippen molar-refractivity contribution in [3.8, 4) is 0 Å². The topological polar surface area (TPSA) is 119 Å². The average molecular weight is 221 g/mol. The largest absolute Gasteiger partial charge is 0.394 e. The third-order valence-electron chi connectivity index (χ3n) is 2.27. The molecule has 0 aromatic rings. The van der Waals surface area contributed by atoms with Crippen LogP contribution in [0.15, 0.2) is 0 Å². The Morgan fingerprint density at radius 3 is 2.40 bits per heavy atom. The van der Waals surface area contributed by atoms with Gasteiger partial charge in [-0.05, 0) is 0 Å². The van der Waals surface area contributed by atoms with Gasteiger partial charge in [-0.1, -0.05) is 0 Å². The second kappa shape index (κ2) is 4.86. The van der Waals surface area contributed by atoms with Crippen molar-refractivity contribution in [1.29, 1.82) is 0 Å². The molecule has 7 nitrogen and oxygen atoms in total. The van der Waals surface area contributed by atoms with Gasteiger partial charge in [0, 0.05) is 6.92 Å². The summed E-state index contributed by atoms with van der Waals surface area (Å²) in [5, 5.41) is 39.4. The normalized spacial score (nSPS) is 41.3. The third kappa shape index (κ3) is 2.64. The van der Waals surface area contributed by atoms with Crippen molar-refractivity contribution in [2.75, 3.05) is 6.61 Å². The number of aliphatic hydroxyl groups is 4. The van der Waals surface area contributed by atoms with Gasteiger partial charge in [0.1, 0.15) is 18.3 Å². The highest BCUT2D eigenvalue weighted by Crippen LogP contribution is 2.19. The summed E-state index contributed by atoms with van der Waals surface area (Å²) in [6, 6.07) is -1.05. The molecule has 5 atom stereocenters. The van der Waals surface area contributed by atoms with E-state index in [1.807, 2.05) is 0 Å². The van der Waals surface area contributed by atoms with E-state index in [2.05, 4.69) is 5.32 Å². The van der Waals surface area contributed by atoms with Gasteiger partial charge in [0.05, 0.1) is 12.6 Å². The summed E-state index contributed by atoms with van der Waals surface area (Å²) >= 11 is 0. The Bertz CT molecular complexity index is 235. The molecule has 1 aliphatic rings. The summed E-state index contributed by atoms with van der Waals surface area (Å²) in [5.74, 6) is -0.455. The van der Waals surface area contributed by atoms with E-state index in [-0.39, 0.29) is 0 Å². The summed E-state index contributed by atoms with van der Waals surface area (Å²) in [7, 11) is 0. The van der Waals surface area contributed by atoms with Crippen LogP contribution >= 0.6 is 0 Å². The van der Waals surface area contributed by atoms with E-state index in [1.165, 1.54) is 6.92 Å². The number of hydrogen-bond donors (Lipinski definition) is 5. The molecule has 0 aromatic carbocycles. The molecule has 5 N–H and O–H groups in total. The number of amides is 1. The first-order valence-electron chi connectivity index (χ1n) is 4.55. The van der Waals surface area contributed by atoms with Crippen molar-refractivity contribution in [2.24, 2.45) is 0 Å². The SMILES string of the molecule is CC(=O)N[C@H]1[C@H](O)[C@@H](O)O[C@H](CO)[C@H]1O. The van der Waals surface area contributed by atoms with Crippen LogP contribution in [0.1, 0.15) is 6.92 Å². The molecular weight excluding hydrogens is 206 g/mol. The fourth-order valence-corrected chi connectivity index (χ4v) is 1.51. The maximum absolute atomic E-state index is 10.8. The lowest BCUT2D eigenvalue weighted by Gasteiger charge is -2.40. The quantitative estimate of drug-likeness (QED) is 0.337. The Labute approximate surface area is 86.3 Å². The fourth-order valence-electron chi connectivity index (χ4n) is 1.51. The van der Waals surface area contributed by atoms with E-state index in [4.69, 9.17) is 9.84 Å². The highest BCUT2D eigenvalue weighted by molar-refractivity contribution is 5.73. The van der Waals surface area contributed by atoms with Crippen LogP contribution in [0, 0.1) is 0 Å². The van der Waals surface area contributed by atoms with Crippen LogP contribution < -0.4 is 5.32 Å². The molecule has 0 radical (unpaired) electrons. The fraction of sp³-hybridized carbons (Fsp3) is 0.875. The Hall–Kier alpha value is -0.730. The van der Waals surface area contributed by atoms with E-state index in [0.717, 1.165) is 0 Å². The number of hydrogen-bond acceptors (Lipinski definition) is 6. The molecule has 0 aliphatic carbocycles. The van der Waals surface area contributed by atoms with Crippen molar-refractivity contribution in [1.82, 2.24) is 5.32 Å². The molecule has 1 amide bonds. The average Bonchev–Trinajstić information content (AvgIpc) is 2.18. The Morgan fingerprint density at radius 1 is 1.33 bits per heavy atom. The summed E-state index contributed by atoms with van der Waals surface area (Å²) in [6.07, 6.45) is -5.26. The minimum absolute atomic E-state index is 0.455. The first kappa shape index (κ1) is 12.3. The zero-order chi connectivity index (χ0) is 11.6. The van der Waals surface area contributed by atoms with Gasteiger partial charge in [-0.2, -0.15) is 0 Å². The van der Waals surface area contributed by atoms with Crippen molar-refractivity contribution >= 4 is 5.91 Å². The molecule has 7 heteroatoms. The van der Waals surface area contributed by atoms with Gasteiger partial charge in [0.2, 0.25) is 5.91 Å². The second-order valence-electron chi connectivity index (χ2n) is 3.46. The standard InChI is InChI=1S/C8H15NO6/c1-3(11)9-5-6(12)4(2-10)15-8(14)7(5)13/h4-8,10,12-14H,2H2,1H3,(H,9,11)/t4-,5-,6-,7+,8+/m1/s1. The van der Waals surface area contributed by atoms with Gasteiger partial charge in [-0.15, -0.1) is 0 Å². The molecule has 1 aliphatic heterocycles. The summed E-state index contributed by atoms with van der Waals surface area (Å²) in [5.41, 5.74) is 0. The van der Waals surface area contributed by atoms with Gasteiger partial charge in [0.25, 0.3) is 0 Å². The lowest BCUT2D eigenvalue weighted by molar-refractivity contribution is -0.261. The molecule has 15 heavy (non-hydrogen) atoms. The van der Waals surface area contributed by atoms with Crippen LogP contribution in [-0.2, 0) is 9.53 Å². The minimum atomic E-state index is -1.54. The maximum Gasteiger partial charge on any atom is 0.217 e. The summed E-state index contributed by atoms with van der Waals surface area (Å²) in [6.45, 7) is 0.705. The van der Waals surface area contributed by atoms with Crippen LogP contribution in [0.5, 0.6) is 0 Å². The number of carbonyl (C=O) groups is 1. The molecule has 1 fully saturated rings. The second-order valence-corrected chi connectivity index (χ2v) is 3.46. The van der Waals surface area contributed by atoms with E-state index in [9.17, 15) is 20.1 Å². The van der Waals surface area contributed by atoms with Crippen LogP contribution in [0.25, 0.3) is 0 Å². The van der Waals surface area contributed by atoms with Gasteiger partial charge in [-0.3, -0.25) is 4.79 Å². The van der Waals surface area contributed by atoms with E-state index in [1.54, 1.807) is 0 Å². The van der Waals surface area contributed by atoms with Gasteiger partial charge < -0.3 is 30.5 Å². The molecule has 88 valence electrons. The molecule has 0 aromatic heterocycles. The lowest BCUT2D eigenvalue weighted by Crippen LogP contribution is -2.64. The lowest BCUT2D eigenvalue weighted by atomic mass is 9.96. The molecule has 1 saturated heterocycles. The van der Waals surface area contributed by atoms with Crippen LogP contribution in [0.2, 0.25) is 0 Å². The molecule has 0 bridgehead atoms. The number of ether oxygens (including phenoxy) is 1. The van der Waals surface area contributed by atoms with Crippen LogP contribution in [-0.4, -0.2) is 63.6 Å². The first-order chi connectivity index (χ1) is 6.97. The Kier molecular flexibility index (Phi) is 4.00. The van der Waals surface area contributed by atoms with Gasteiger partial charge in [-0.25, -0.2) is 0 Å². The van der Waals surface area contributed by atoms with Crippen molar-refractivity contribution in [2.45, 2.75) is 37.6 Å². The number of aliphatic hydroxyl groups excluding tert-OH is 4. The maximum atomic E-state index is 10.8. The highest BCUT2D eigenvalue weighted by Gasteiger charge is 2.43. The third-order valence-corrected chi connectivity index (χ3v) is 2.27. The number of nitrogens with one attached hydrogen (secondary N) is 1. The number of rotatable bonds is 2.